The number of hydrogen-bond acceptors (Lipinski definition) is 6. The number of nitriles is 1. The van der Waals surface area contributed by atoms with Crippen LogP contribution in [0.25, 0.3) is 0 Å². The molecule has 2 rings (SSSR count). The quantitative estimate of drug-likeness (QED) is 0.685. The molecule has 1 aromatic carbocycles. The number of ether oxygens (including phenoxy) is 2. The van der Waals surface area contributed by atoms with Gasteiger partial charge in [0.25, 0.3) is 5.56 Å². The molecule has 0 aliphatic carbocycles. The van der Waals surface area contributed by atoms with Crippen molar-refractivity contribution < 1.29 is 27.4 Å². The summed E-state index contributed by atoms with van der Waals surface area (Å²) in [5.41, 5.74) is -1.35. The summed E-state index contributed by atoms with van der Waals surface area (Å²) in [4.78, 5) is 24.7. The molecule has 0 spiro atoms. The predicted octanol–water partition coefficient (Wildman–Crippen LogP) is 2.41. The molecular weight excluding hydrogens is 405 g/mol. The zero-order chi connectivity index (χ0) is 22.5. The lowest BCUT2D eigenvalue weighted by Crippen LogP contribution is -2.32. The van der Waals surface area contributed by atoms with Crippen molar-refractivity contribution >= 4 is 11.6 Å². The van der Waals surface area contributed by atoms with E-state index >= 15 is 0 Å². The first-order chi connectivity index (χ1) is 14.1. The third kappa shape index (κ3) is 5.36. The van der Waals surface area contributed by atoms with Crippen molar-refractivity contribution in [2.75, 3.05) is 25.6 Å². The highest BCUT2D eigenvalue weighted by Gasteiger charge is 2.31. The molecule has 30 heavy (non-hydrogen) atoms. The van der Waals surface area contributed by atoms with Gasteiger partial charge in [0, 0.05) is 7.11 Å². The number of halogens is 3. The van der Waals surface area contributed by atoms with E-state index in [0.717, 1.165) is 22.9 Å². The molecule has 1 aromatic heterocycles. The SMILES string of the molecule is COCCOc1ccc(C(F)(F)F)cc1NC(=O)Cn1nc(C)c(C)c(C#N)c1=O. The van der Waals surface area contributed by atoms with Crippen LogP contribution in [0, 0.1) is 25.2 Å². The Kier molecular flexibility index (Phi) is 7.18. The maximum Gasteiger partial charge on any atom is 0.416 e. The standard InChI is InChI=1S/C19H19F3N4O4/c1-11-12(2)25-26(18(28)14(11)9-23)10-17(27)24-15-8-13(19(20,21)22)4-5-16(15)30-7-6-29-3/h4-5,8H,6-7,10H2,1-3H3,(H,24,27). The van der Waals surface area contributed by atoms with Gasteiger partial charge in [-0.05, 0) is 37.6 Å². The topological polar surface area (TPSA) is 106 Å². The van der Waals surface area contributed by atoms with Crippen molar-refractivity contribution in [3.05, 3.63) is 50.9 Å². The molecule has 1 N–H and O–H groups in total. The molecular formula is C19H19F3N4O4. The Hall–Kier alpha value is -3.39. The van der Waals surface area contributed by atoms with Crippen LogP contribution in [0.5, 0.6) is 5.75 Å². The minimum Gasteiger partial charge on any atom is -0.489 e. The lowest BCUT2D eigenvalue weighted by molar-refractivity contribution is -0.137. The van der Waals surface area contributed by atoms with Gasteiger partial charge in [0.05, 0.1) is 23.6 Å². The van der Waals surface area contributed by atoms with Crippen LogP contribution in [-0.2, 0) is 22.3 Å². The van der Waals surface area contributed by atoms with Crippen LogP contribution in [0.4, 0.5) is 18.9 Å². The predicted molar refractivity (Wildman–Crippen MR) is 100 cm³/mol. The second kappa shape index (κ2) is 9.41. The monoisotopic (exact) mass is 424 g/mol. The van der Waals surface area contributed by atoms with Crippen molar-refractivity contribution in [2.45, 2.75) is 26.6 Å². The normalized spacial score (nSPS) is 11.1. The van der Waals surface area contributed by atoms with Gasteiger partial charge in [-0.15, -0.1) is 0 Å². The maximum atomic E-state index is 13.0. The van der Waals surface area contributed by atoms with E-state index in [9.17, 15) is 22.8 Å². The molecule has 2 aromatic rings. The third-order valence-electron chi connectivity index (χ3n) is 4.17. The van der Waals surface area contributed by atoms with Crippen LogP contribution >= 0.6 is 0 Å². The van der Waals surface area contributed by atoms with Crippen molar-refractivity contribution in [1.82, 2.24) is 9.78 Å². The van der Waals surface area contributed by atoms with Gasteiger partial charge in [-0.1, -0.05) is 0 Å². The Labute approximate surface area is 169 Å². The molecule has 11 heteroatoms. The molecule has 0 saturated carbocycles. The summed E-state index contributed by atoms with van der Waals surface area (Å²) in [6.07, 6.45) is -4.63. The Morgan fingerprint density at radius 1 is 1.30 bits per heavy atom. The molecule has 0 bridgehead atoms. The van der Waals surface area contributed by atoms with Gasteiger partial charge in [0.2, 0.25) is 5.91 Å². The van der Waals surface area contributed by atoms with E-state index in [0.29, 0.717) is 11.3 Å². The van der Waals surface area contributed by atoms with Crippen LogP contribution in [0.2, 0.25) is 0 Å². The molecule has 1 heterocycles. The summed E-state index contributed by atoms with van der Waals surface area (Å²) in [6, 6.07) is 4.41. The molecule has 8 nitrogen and oxygen atoms in total. The van der Waals surface area contributed by atoms with Crippen molar-refractivity contribution in [3.63, 3.8) is 0 Å². The average Bonchev–Trinajstić information content (AvgIpc) is 2.67. The van der Waals surface area contributed by atoms with Crippen molar-refractivity contribution in [3.8, 4) is 11.8 Å². The first-order valence-electron chi connectivity index (χ1n) is 8.69. The van der Waals surface area contributed by atoms with Gasteiger partial charge in [0.1, 0.15) is 30.5 Å². The van der Waals surface area contributed by atoms with Gasteiger partial charge >= 0.3 is 6.18 Å². The Balaban J connectivity index is 2.32. The van der Waals surface area contributed by atoms with E-state index in [1.54, 1.807) is 19.9 Å². The minimum absolute atomic E-state index is 0.00602. The fraction of sp³-hybridized carbons (Fsp3) is 0.368. The fourth-order valence-electron chi connectivity index (χ4n) is 2.50. The van der Waals surface area contributed by atoms with E-state index in [1.165, 1.54) is 7.11 Å². The highest BCUT2D eigenvalue weighted by Crippen LogP contribution is 2.35. The Bertz CT molecular complexity index is 1040. The second-order valence-corrected chi connectivity index (χ2v) is 6.26. The van der Waals surface area contributed by atoms with Crippen LogP contribution in [0.15, 0.2) is 23.0 Å². The molecule has 160 valence electrons. The zero-order valence-electron chi connectivity index (χ0n) is 16.5. The van der Waals surface area contributed by atoms with Crippen molar-refractivity contribution in [2.24, 2.45) is 0 Å². The first-order valence-corrected chi connectivity index (χ1v) is 8.69. The van der Waals surface area contributed by atoms with Crippen LogP contribution in [-0.4, -0.2) is 36.0 Å². The van der Waals surface area contributed by atoms with Gasteiger partial charge in [-0.2, -0.15) is 23.5 Å². The summed E-state index contributed by atoms with van der Waals surface area (Å²) in [7, 11) is 1.43. The zero-order valence-corrected chi connectivity index (χ0v) is 16.5. The molecule has 0 radical (unpaired) electrons. The van der Waals surface area contributed by atoms with E-state index in [1.807, 2.05) is 0 Å². The van der Waals surface area contributed by atoms with Gasteiger partial charge in [-0.25, -0.2) is 4.68 Å². The number of methoxy groups -OCH3 is 1. The summed E-state index contributed by atoms with van der Waals surface area (Å²) in [5.74, 6) is -0.806. The van der Waals surface area contributed by atoms with Gasteiger partial charge < -0.3 is 14.8 Å². The highest BCUT2D eigenvalue weighted by molar-refractivity contribution is 5.92. The number of nitrogens with one attached hydrogen (secondary N) is 1. The number of rotatable bonds is 7. The van der Waals surface area contributed by atoms with Crippen molar-refractivity contribution in [1.29, 1.82) is 5.26 Å². The van der Waals surface area contributed by atoms with E-state index < -0.39 is 29.8 Å². The van der Waals surface area contributed by atoms with E-state index in [-0.39, 0.29) is 30.2 Å². The number of benzene rings is 1. The summed E-state index contributed by atoms with van der Waals surface area (Å²) >= 11 is 0. The lowest BCUT2D eigenvalue weighted by Gasteiger charge is -2.16. The maximum absolute atomic E-state index is 13.0. The smallest absolute Gasteiger partial charge is 0.416 e. The summed E-state index contributed by atoms with van der Waals surface area (Å²) < 4.78 is 50.1. The van der Waals surface area contributed by atoms with E-state index in [2.05, 4.69) is 10.4 Å². The number of nitrogens with zero attached hydrogens (tertiary/aromatic N) is 3. The number of amides is 1. The fourth-order valence-corrected chi connectivity index (χ4v) is 2.50. The number of carbonyl (C=O) groups is 1. The number of aromatic nitrogens is 2. The van der Waals surface area contributed by atoms with Gasteiger partial charge in [-0.3, -0.25) is 9.59 Å². The summed E-state index contributed by atoms with van der Waals surface area (Å²) in [5, 5.41) is 15.4. The third-order valence-corrected chi connectivity index (χ3v) is 4.17. The number of aryl methyl sites for hydroxylation is 1. The number of anilines is 1. The van der Waals surface area contributed by atoms with E-state index in [4.69, 9.17) is 14.7 Å². The summed E-state index contributed by atoms with van der Waals surface area (Å²) in [6.45, 7) is 2.77. The minimum atomic E-state index is -4.63. The molecule has 0 fully saturated rings. The number of hydrogen-bond donors (Lipinski definition) is 1. The average molecular weight is 424 g/mol. The Morgan fingerprint density at radius 3 is 2.60 bits per heavy atom. The molecule has 0 aliphatic heterocycles. The number of carbonyl (C=O) groups excluding carboxylic acids is 1. The molecule has 0 saturated heterocycles. The van der Waals surface area contributed by atoms with Crippen LogP contribution in [0.1, 0.15) is 22.4 Å². The molecule has 1 amide bonds. The van der Waals surface area contributed by atoms with Crippen LogP contribution in [0.3, 0.4) is 0 Å². The van der Waals surface area contributed by atoms with Crippen LogP contribution < -0.4 is 15.6 Å². The molecule has 0 unspecified atom stereocenters. The largest absolute Gasteiger partial charge is 0.489 e. The highest BCUT2D eigenvalue weighted by atomic mass is 19.4. The molecule has 0 aliphatic rings. The molecule has 0 atom stereocenters. The Morgan fingerprint density at radius 2 is 2.00 bits per heavy atom. The number of alkyl halides is 3. The first kappa shape index (κ1) is 22.9. The van der Waals surface area contributed by atoms with Gasteiger partial charge in [0.15, 0.2) is 0 Å². The second-order valence-electron chi connectivity index (χ2n) is 6.26. The lowest BCUT2D eigenvalue weighted by atomic mass is 10.1.